The zero-order valence-electron chi connectivity index (χ0n) is 30.5. The highest BCUT2D eigenvalue weighted by Crippen LogP contribution is 2.42. The molecule has 6 nitrogen and oxygen atoms in total. The molecule has 0 radical (unpaired) electrons. The van der Waals surface area contributed by atoms with Crippen LogP contribution in [0.15, 0.2) is 192 Å². The van der Waals surface area contributed by atoms with Crippen LogP contribution in [0.1, 0.15) is 0 Å². The van der Waals surface area contributed by atoms with E-state index in [-0.39, 0.29) is 0 Å². The van der Waals surface area contributed by atoms with Crippen molar-refractivity contribution < 1.29 is 4.42 Å². The number of aromatic nitrogens is 5. The molecule has 266 valence electrons. The number of benzene rings is 8. The van der Waals surface area contributed by atoms with E-state index in [1.54, 1.807) is 0 Å². The van der Waals surface area contributed by atoms with Gasteiger partial charge in [-0.1, -0.05) is 140 Å². The lowest BCUT2D eigenvalue weighted by atomic mass is 9.99. The first-order valence-corrected chi connectivity index (χ1v) is 19.1. The standard InChI is InChI=1S/C51H31N5O/c1-3-15-32(16-4-1)35-22-13-27-44-47(35)38-21-9-12-26-43(38)55(44)34-29-30-45-40(31-34)48-39(23-14-28-46(48)57-45)50-52-49(33-17-5-2-6-18-33)53-51(54-50)56-41-24-10-7-19-36(41)37-20-8-11-25-42(37)56/h1-31H. The minimum absolute atomic E-state index is 0.557. The van der Waals surface area contributed by atoms with E-state index in [1.807, 2.05) is 42.5 Å². The molecule has 0 saturated heterocycles. The number of para-hydroxylation sites is 3. The molecule has 0 amide bonds. The number of nitrogens with zero attached hydrogens (tertiary/aromatic N) is 5. The maximum Gasteiger partial charge on any atom is 0.238 e. The molecule has 0 bridgehead atoms. The van der Waals surface area contributed by atoms with Crippen LogP contribution in [0.4, 0.5) is 0 Å². The van der Waals surface area contributed by atoms with Crippen molar-refractivity contribution in [3.63, 3.8) is 0 Å². The summed E-state index contributed by atoms with van der Waals surface area (Å²) in [5.41, 5.74) is 11.2. The maximum atomic E-state index is 6.59. The van der Waals surface area contributed by atoms with Crippen LogP contribution in [-0.2, 0) is 0 Å². The van der Waals surface area contributed by atoms with E-state index in [9.17, 15) is 0 Å². The van der Waals surface area contributed by atoms with E-state index in [0.717, 1.165) is 71.6 Å². The monoisotopic (exact) mass is 729 g/mol. The number of furan rings is 1. The number of hydrogen-bond acceptors (Lipinski definition) is 4. The Bertz CT molecular complexity index is 3470. The van der Waals surface area contributed by atoms with Gasteiger partial charge in [0.1, 0.15) is 11.2 Å². The topological polar surface area (TPSA) is 61.7 Å². The molecule has 4 aromatic heterocycles. The summed E-state index contributed by atoms with van der Waals surface area (Å²) in [6, 6.07) is 65.5. The molecule has 0 fully saturated rings. The van der Waals surface area contributed by atoms with E-state index in [1.165, 1.54) is 21.9 Å². The van der Waals surface area contributed by atoms with Gasteiger partial charge in [-0.05, 0) is 59.7 Å². The second-order valence-electron chi connectivity index (χ2n) is 14.4. The largest absolute Gasteiger partial charge is 0.456 e. The Balaban J connectivity index is 1.11. The Hall–Kier alpha value is -7.83. The highest BCUT2D eigenvalue weighted by atomic mass is 16.3. The Morgan fingerprint density at radius 1 is 0.351 bits per heavy atom. The molecule has 0 aliphatic heterocycles. The van der Waals surface area contributed by atoms with Crippen LogP contribution in [-0.4, -0.2) is 24.1 Å². The summed E-state index contributed by atoms with van der Waals surface area (Å²) in [6.45, 7) is 0. The summed E-state index contributed by atoms with van der Waals surface area (Å²) >= 11 is 0. The van der Waals surface area contributed by atoms with Crippen LogP contribution < -0.4 is 0 Å². The summed E-state index contributed by atoms with van der Waals surface area (Å²) in [5, 5.41) is 6.68. The van der Waals surface area contributed by atoms with Crippen molar-refractivity contribution in [3.05, 3.63) is 188 Å². The molecule has 0 aliphatic rings. The molecule has 0 N–H and O–H groups in total. The molecular formula is C51H31N5O. The molecule has 0 spiro atoms. The van der Waals surface area contributed by atoms with Crippen molar-refractivity contribution in [1.82, 2.24) is 24.1 Å². The molecule has 8 aromatic carbocycles. The fraction of sp³-hybridized carbons (Fsp3) is 0. The third-order valence-electron chi connectivity index (χ3n) is 11.2. The summed E-state index contributed by atoms with van der Waals surface area (Å²) in [7, 11) is 0. The van der Waals surface area contributed by atoms with Crippen LogP contribution in [0, 0.1) is 0 Å². The van der Waals surface area contributed by atoms with Gasteiger partial charge in [-0.15, -0.1) is 0 Å². The molecule has 0 aliphatic carbocycles. The first-order valence-electron chi connectivity index (χ1n) is 19.1. The van der Waals surface area contributed by atoms with Gasteiger partial charge >= 0.3 is 0 Å². The minimum atomic E-state index is 0.557. The van der Waals surface area contributed by atoms with Gasteiger partial charge in [-0.3, -0.25) is 4.57 Å². The lowest BCUT2D eigenvalue weighted by molar-refractivity contribution is 0.669. The molecule has 4 heterocycles. The van der Waals surface area contributed by atoms with E-state index >= 15 is 0 Å². The van der Waals surface area contributed by atoms with Gasteiger partial charge in [0.25, 0.3) is 0 Å². The Morgan fingerprint density at radius 2 is 0.930 bits per heavy atom. The average Bonchev–Trinajstić information content (AvgIpc) is 3.94. The predicted molar refractivity (Wildman–Crippen MR) is 232 cm³/mol. The van der Waals surface area contributed by atoms with Crippen molar-refractivity contribution in [1.29, 1.82) is 0 Å². The molecule has 6 heteroatoms. The zero-order chi connectivity index (χ0) is 37.5. The highest BCUT2D eigenvalue weighted by molar-refractivity contribution is 6.17. The lowest BCUT2D eigenvalue weighted by Crippen LogP contribution is -2.06. The average molecular weight is 730 g/mol. The molecule has 12 aromatic rings. The van der Waals surface area contributed by atoms with Crippen molar-refractivity contribution in [2.75, 3.05) is 0 Å². The third kappa shape index (κ3) is 4.81. The van der Waals surface area contributed by atoms with Crippen LogP contribution in [0.25, 0.3) is 111 Å². The molecule has 12 rings (SSSR count). The van der Waals surface area contributed by atoms with Gasteiger partial charge in [-0.2, -0.15) is 9.97 Å². The van der Waals surface area contributed by atoms with Gasteiger partial charge in [0.15, 0.2) is 11.6 Å². The second-order valence-corrected chi connectivity index (χ2v) is 14.4. The number of hydrogen-bond donors (Lipinski definition) is 0. The first-order chi connectivity index (χ1) is 28.3. The van der Waals surface area contributed by atoms with Gasteiger partial charge in [0.05, 0.1) is 22.1 Å². The summed E-state index contributed by atoms with van der Waals surface area (Å²) in [6.07, 6.45) is 0. The van der Waals surface area contributed by atoms with Crippen molar-refractivity contribution in [2.24, 2.45) is 0 Å². The van der Waals surface area contributed by atoms with E-state index in [2.05, 4.69) is 155 Å². The summed E-state index contributed by atoms with van der Waals surface area (Å²) < 4.78 is 11.1. The lowest BCUT2D eigenvalue weighted by Gasteiger charge is -2.11. The van der Waals surface area contributed by atoms with Crippen LogP contribution in [0.2, 0.25) is 0 Å². The van der Waals surface area contributed by atoms with Crippen LogP contribution in [0.5, 0.6) is 0 Å². The first kappa shape index (κ1) is 31.5. The Morgan fingerprint density at radius 3 is 1.67 bits per heavy atom. The summed E-state index contributed by atoms with van der Waals surface area (Å²) in [4.78, 5) is 15.6. The molecule has 0 saturated carbocycles. The van der Waals surface area contributed by atoms with E-state index in [4.69, 9.17) is 19.4 Å². The van der Waals surface area contributed by atoms with Gasteiger partial charge in [-0.25, -0.2) is 4.98 Å². The van der Waals surface area contributed by atoms with Gasteiger partial charge in [0.2, 0.25) is 5.95 Å². The number of fused-ring (bicyclic) bond motifs is 9. The SMILES string of the molecule is c1ccc(-c2nc(-c3cccc4oc5ccc(-n6c7ccccc7c7c(-c8ccccc8)cccc76)cc5c34)nc(-n3c4ccccc4c4ccccc43)n2)cc1. The minimum Gasteiger partial charge on any atom is -0.456 e. The van der Waals surface area contributed by atoms with Crippen LogP contribution in [0.3, 0.4) is 0 Å². The number of rotatable bonds is 5. The van der Waals surface area contributed by atoms with Crippen molar-refractivity contribution in [2.45, 2.75) is 0 Å². The predicted octanol–water partition coefficient (Wildman–Crippen LogP) is 13.0. The maximum absolute atomic E-state index is 6.59. The Labute approximate surface area is 326 Å². The van der Waals surface area contributed by atoms with Crippen molar-refractivity contribution >= 4 is 65.6 Å². The fourth-order valence-electron chi connectivity index (χ4n) is 8.74. The van der Waals surface area contributed by atoms with Gasteiger partial charge < -0.3 is 8.98 Å². The normalized spacial score (nSPS) is 11.9. The van der Waals surface area contributed by atoms with E-state index < -0.39 is 0 Å². The molecule has 0 unspecified atom stereocenters. The highest BCUT2D eigenvalue weighted by Gasteiger charge is 2.22. The second kappa shape index (κ2) is 12.3. The molecular weight excluding hydrogens is 699 g/mol. The smallest absolute Gasteiger partial charge is 0.238 e. The fourth-order valence-corrected chi connectivity index (χ4v) is 8.74. The third-order valence-corrected chi connectivity index (χ3v) is 11.2. The summed E-state index contributed by atoms with van der Waals surface area (Å²) in [5.74, 6) is 1.73. The zero-order valence-corrected chi connectivity index (χ0v) is 30.5. The quantitative estimate of drug-likeness (QED) is 0.177. The van der Waals surface area contributed by atoms with Crippen LogP contribution >= 0.6 is 0 Å². The van der Waals surface area contributed by atoms with Crippen molar-refractivity contribution in [3.8, 4) is 45.5 Å². The molecule has 0 atom stereocenters. The van der Waals surface area contributed by atoms with E-state index in [0.29, 0.717) is 17.6 Å². The molecule has 57 heavy (non-hydrogen) atoms. The Kier molecular flexibility index (Phi) is 6.83. The van der Waals surface area contributed by atoms with Gasteiger partial charge in [0, 0.05) is 49.1 Å².